The first kappa shape index (κ1) is 37.4. The van der Waals surface area contributed by atoms with Gasteiger partial charge >= 0.3 is 34.6 Å². The van der Waals surface area contributed by atoms with E-state index in [1.807, 2.05) is 0 Å². The van der Waals surface area contributed by atoms with Crippen molar-refractivity contribution in [3.63, 3.8) is 0 Å². The van der Waals surface area contributed by atoms with Gasteiger partial charge in [-0.25, -0.2) is 0 Å². The molecule has 0 amide bonds. The molecule has 2 nitrogen and oxygen atoms in total. The standard InChI is InChI=1S/2H3N.2H2S.2S.W/h2*1H3;2*1H2;;;. The van der Waals surface area contributed by atoms with Crippen molar-refractivity contribution in [2.45, 2.75) is 0 Å². The second-order valence-corrected chi connectivity index (χ2v) is 5.01. The Morgan fingerprint density at radius 3 is 0.857 bits per heavy atom. The van der Waals surface area contributed by atoms with E-state index in [4.69, 9.17) is 0 Å². The normalized spacial score (nSPS) is 1.71. The van der Waals surface area contributed by atoms with E-state index in [0.29, 0.717) is 0 Å². The maximum absolute atomic E-state index is 4.38. The van der Waals surface area contributed by atoms with E-state index in [-0.39, 0.29) is 39.3 Å². The zero-order valence-electron chi connectivity index (χ0n) is 4.12. The molecule has 0 radical (unpaired) electrons. The van der Waals surface area contributed by atoms with E-state index in [9.17, 15) is 0 Å². The Bertz CT molecular complexity index is 30.7. The van der Waals surface area contributed by atoms with Crippen LogP contribution < -0.4 is 12.3 Å². The molecular formula is H10N2S4W. The van der Waals surface area contributed by atoms with Crippen molar-refractivity contribution in [3.8, 4) is 0 Å². The van der Waals surface area contributed by atoms with Gasteiger partial charge in [-0.1, -0.05) is 0 Å². The molecule has 0 saturated heterocycles. The molecule has 0 heterocycles. The molecule has 0 bridgehead atoms. The maximum atomic E-state index is 4.38. The summed E-state index contributed by atoms with van der Waals surface area (Å²) in [4.78, 5) is 0. The van der Waals surface area contributed by atoms with Gasteiger partial charge in [0.2, 0.25) is 0 Å². The van der Waals surface area contributed by atoms with Crippen LogP contribution in [0.2, 0.25) is 0 Å². The van der Waals surface area contributed by atoms with Crippen LogP contribution in [-0.2, 0) is 41.9 Å². The van der Waals surface area contributed by atoms with Crippen LogP contribution in [0.5, 0.6) is 0 Å². The number of hydrogen-bond donors (Lipinski definition) is 2. The Morgan fingerprint density at radius 2 is 0.857 bits per heavy atom. The van der Waals surface area contributed by atoms with Crippen molar-refractivity contribution in [1.82, 2.24) is 12.3 Å². The summed E-state index contributed by atoms with van der Waals surface area (Å²) in [6, 6.07) is 0. The molecule has 0 rings (SSSR count). The van der Waals surface area contributed by atoms with Crippen LogP contribution in [0.25, 0.3) is 0 Å². The molecule has 7 heavy (non-hydrogen) atoms. The average molecular weight is 350 g/mol. The quantitative estimate of drug-likeness (QED) is 0.513. The summed E-state index contributed by atoms with van der Waals surface area (Å²) in [5.41, 5.74) is 0. The summed E-state index contributed by atoms with van der Waals surface area (Å²) in [5, 5.41) is 0. The third-order valence-electron chi connectivity index (χ3n) is 0. The van der Waals surface area contributed by atoms with Gasteiger partial charge in [0.25, 0.3) is 0 Å². The molecule has 0 aromatic rings. The summed E-state index contributed by atoms with van der Waals surface area (Å²) in [7, 11) is 8.75. The van der Waals surface area contributed by atoms with Gasteiger partial charge in [-0.2, -0.15) is 0 Å². The summed E-state index contributed by atoms with van der Waals surface area (Å²) < 4.78 is 0. The van der Waals surface area contributed by atoms with Gasteiger partial charge < -0.3 is 39.3 Å². The average Bonchev–Trinajstić information content (AvgIpc) is 0.918. The van der Waals surface area contributed by atoms with Gasteiger partial charge in [-0.05, 0) is 0 Å². The fourth-order valence-electron chi connectivity index (χ4n) is 0. The summed E-state index contributed by atoms with van der Waals surface area (Å²) in [6.45, 7) is 0. The van der Waals surface area contributed by atoms with Gasteiger partial charge in [0.1, 0.15) is 0 Å². The van der Waals surface area contributed by atoms with Crippen molar-refractivity contribution in [2.75, 3.05) is 0 Å². The monoisotopic (exact) mass is 350 g/mol. The first-order valence-corrected chi connectivity index (χ1v) is 8.19. The Labute approximate surface area is 73.3 Å². The van der Waals surface area contributed by atoms with Crippen molar-refractivity contribution >= 4 is 46.6 Å². The fourth-order valence-corrected chi connectivity index (χ4v) is 0. The molecule has 0 aliphatic heterocycles. The molecule has 0 aliphatic carbocycles. The zero-order chi connectivity index (χ0) is 2.71. The Morgan fingerprint density at radius 1 is 0.857 bits per heavy atom. The topological polar surface area (TPSA) is 73.0 Å². The minimum absolute atomic E-state index is 0. The van der Waals surface area contributed by atoms with E-state index in [1.54, 1.807) is 0 Å². The van der Waals surface area contributed by atoms with E-state index in [1.165, 1.54) is 0 Å². The van der Waals surface area contributed by atoms with Crippen LogP contribution in [0.1, 0.15) is 0 Å². The SMILES string of the molecule is [NH4+].[NH4+].[SH-].[SH-].[S]=[W]=[S]. The molecule has 0 aromatic heterocycles. The van der Waals surface area contributed by atoms with Crippen molar-refractivity contribution in [1.29, 1.82) is 0 Å². The van der Waals surface area contributed by atoms with E-state index < -0.39 is 14.9 Å². The predicted molar refractivity (Wildman–Crippen MR) is 44.7 cm³/mol. The number of thiol groups is 2. The van der Waals surface area contributed by atoms with Gasteiger partial charge in [-0.15, -0.1) is 0 Å². The molecule has 0 spiro atoms. The van der Waals surface area contributed by atoms with E-state index in [2.05, 4.69) is 19.6 Å². The number of rotatable bonds is 0. The van der Waals surface area contributed by atoms with Crippen molar-refractivity contribution < 1.29 is 14.9 Å². The van der Waals surface area contributed by atoms with Gasteiger partial charge in [0.05, 0.1) is 0 Å². The fraction of sp³-hybridized carbons (Fsp3) is 0. The molecule has 8 N–H and O–H groups in total. The predicted octanol–water partition coefficient (Wildman–Crippen LogP) is 1.51. The van der Waals surface area contributed by atoms with Crippen LogP contribution >= 0.6 is 19.6 Å². The van der Waals surface area contributed by atoms with Gasteiger partial charge in [0.15, 0.2) is 0 Å². The van der Waals surface area contributed by atoms with Crippen LogP contribution in [0, 0.1) is 0 Å². The third kappa shape index (κ3) is 83.8. The summed E-state index contributed by atoms with van der Waals surface area (Å²) >= 11 is -0.583. The molecule has 0 aliphatic rings. The van der Waals surface area contributed by atoms with E-state index >= 15 is 0 Å². The molecule has 7 heteroatoms. The molecule has 50 valence electrons. The van der Waals surface area contributed by atoms with Crippen molar-refractivity contribution in [2.24, 2.45) is 0 Å². The summed E-state index contributed by atoms with van der Waals surface area (Å²) in [5.74, 6) is 0. The molecule has 0 fully saturated rings. The summed E-state index contributed by atoms with van der Waals surface area (Å²) in [6.07, 6.45) is 0. The van der Waals surface area contributed by atoms with Crippen molar-refractivity contribution in [3.05, 3.63) is 0 Å². The van der Waals surface area contributed by atoms with Crippen LogP contribution in [-0.4, -0.2) is 0 Å². The molecule has 0 unspecified atom stereocenters. The molecule has 0 aromatic carbocycles. The Balaban J connectivity index is -0.00000000333. The second kappa shape index (κ2) is 46.7. The zero-order valence-corrected chi connectivity index (χ0v) is 10.5. The van der Waals surface area contributed by atoms with Crippen LogP contribution in [0.4, 0.5) is 0 Å². The Hall–Kier alpha value is 1.75. The van der Waals surface area contributed by atoms with Crippen LogP contribution in [0.3, 0.4) is 0 Å². The minimum atomic E-state index is -0.583. The molecule has 0 saturated carbocycles. The van der Waals surface area contributed by atoms with Gasteiger partial charge in [0, 0.05) is 0 Å². The number of quaternary nitrogens is 2. The van der Waals surface area contributed by atoms with Crippen LogP contribution in [0.15, 0.2) is 0 Å². The molecular weight excluding hydrogens is 340 g/mol. The Kier molecular flexibility index (Phi) is 249. The first-order valence-electron chi connectivity index (χ1n) is 0.333. The second-order valence-electron chi connectivity index (χ2n) is 0.0680. The third-order valence-corrected chi connectivity index (χ3v) is 0. The van der Waals surface area contributed by atoms with E-state index in [0.717, 1.165) is 0 Å². The van der Waals surface area contributed by atoms with Gasteiger partial charge in [-0.3, -0.25) is 0 Å². The molecule has 0 atom stereocenters. The number of hydrogen-bond acceptors (Lipinski definition) is 4. The first-order chi connectivity index (χ1) is 1.41.